The van der Waals surface area contributed by atoms with Crippen LogP contribution >= 0.6 is 0 Å². The molecule has 0 fully saturated rings. The van der Waals surface area contributed by atoms with Crippen molar-refractivity contribution in [3.8, 4) is 11.5 Å². The SMILES string of the molecule is Cc1ccc(S(=O)(=O)NCC(=O)OCC(=O)c2ccc3c(c2)OCCO3)cc1C. The lowest BCUT2D eigenvalue weighted by Gasteiger charge is -2.18. The zero-order valence-electron chi connectivity index (χ0n) is 16.1. The molecule has 0 aromatic heterocycles. The normalized spacial score (nSPS) is 13.0. The number of carbonyl (C=O) groups excluding carboxylic acids is 2. The summed E-state index contributed by atoms with van der Waals surface area (Å²) in [6.07, 6.45) is 0. The third kappa shape index (κ3) is 5.12. The summed E-state index contributed by atoms with van der Waals surface area (Å²) in [6, 6.07) is 9.35. The number of Topliss-reactive ketones (excluding diaryl/α,β-unsaturated/α-hetero) is 1. The second kappa shape index (κ2) is 8.62. The topological polar surface area (TPSA) is 108 Å². The maximum atomic E-state index is 12.3. The number of ketones is 1. The average Bonchev–Trinajstić information content (AvgIpc) is 2.72. The van der Waals surface area contributed by atoms with Gasteiger partial charge >= 0.3 is 5.97 Å². The van der Waals surface area contributed by atoms with Crippen LogP contribution < -0.4 is 14.2 Å². The van der Waals surface area contributed by atoms with Crippen LogP contribution in [0.4, 0.5) is 0 Å². The molecule has 0 radical (unpaired) electrons. The molecular weight excluding hydrogens is 398 g/mol. The van der Waals surface area contributed by atoms with Gasteiger partial charge in [-0.1, -0.05) is 6.07 Å². The molecule has 1 aliphatic heterocycles. The molecule has 2 aromatic carbocycles. The third-order valence-electron chi connectivity index (χ3n) is 4.42. The number of carbonyl (C=O) groups is 2. The fraction of sp³-hybridized carbons (Fsp3) is 0.300. The van der Waals surface area contributed by atoms with E-state index in [4.69, 9.17) is 14.2 Å². The molecule has 3 rings (SSSR count). The predicted molar refractivity (Wildman–Crippen MR) is 104 cm³/mol. The first kappa shape index (κ1) is 20.8. The molecule has 1 N–H and O–H groups in total. The van der Waals surface area contributed by atoms with Gasteiger partial charge in [-0.25, -0.2) is 8.42 Å². The zero-order valence-corrected chi connectivity index (χ0v) is 16.9. The van der Waals surface area contributed by atoms with Gasteiger partial charge in [0.25, 0.3) is 0 Å². The summed E-state index contributed by atoms with van der Waals surface area (Å²) in [5.41, 5.74) is 2.08. The molecule has 2 aromatic rings. The number of esters is 1. The Hall–Kier alpha value is -2.91. The molecule has 9 heteroatoms. The molecule has 154 valence electrons. The number of hydrogen-bond acceptors (Lipinski definition) is 7. The predicted octanol–water partition coefficient (Wildman–Crippen LogP) is 1.78. The number of ether oxygens (including phenoxy) is 3. The van der Waals surface area contributed by atoms with E-state index in [2.05, 4.69) is 4.72 Å². The lowest BCUT2D eigenvalue weighted by Crippen LogP contribution is -2.31. The van der Waals surface area contributed by atoms with Crippen LogP contribution in [0.25, 0.3) is 0 Å². The highest BCUT2D eigenvalue weighted by atomic mass is 32.2. The average molecular weight is 419 g/mol. The highest BCUT2D eigenvalue weighted by Crippen LogP contribution is 2.30. The van der Waals surface area contributed by atoms with Crippen molar-refractivity contribution >= 4 is 21.8 Å². The van der Waals surface area contributed by atoms with Gasteiger partial charge < -0.3 is 14.2 Å². The van der Waals surface area contributed by atoms with E-state index in [-0.39, 0.29) is 4.90 Å². The Labute approximate surface area is 168 Å². The fourth-order valence-corrected chi connectivity index (χ4v) is 3.67. The maximum Gasteiger partial charge on any atom is 0.321 e. The van der Waals surface area contributed by atoms with Crippen molar-refractivity contribution in [2.45, 2.75) is 18.7 Å². The molecule has 0 amide bonds. The van der Waals surface area contributed by atoms with Crippen LogP contribution in [0.15, 0.2) is 41.3 Å². The second-order valence-corrected chi connectivity index (χ2v) is 8.28. The van der Waals surface area contributed by atoms with Gasteiger partial charge in [-0.15, -0.1) is 0 Å². The Morgan fingerprint density at radius 1 is 1.00 bits per heavy atom. The number of rotatable bonds is 7. The fourth-order valence-electron chi connectivity index (χ4n) is 2.62. The van der Waals surface area contributed by atoms with Gasteiger partial charge in [0.2, 0.25) is 10.0 Å². The van der Waals surface area contributed by atoms with Crippen molar-refractivity contribution in [3.05, 3.63) is 53.1 Å². The summed E-state index contributed by atoms with van der Waals surface area (Å²) in [5, 5.41) is 0. The Morgan fingerprint density at radius 2 is 1.72 bits per heavy atom. The summed E-state index contributed by atoms with van der Waals surface area (Å²) in [4.78, 5) is 24.1. The van der Waals surface area contributed by atoms with Gasteiger partial charge in [0.1, 0.15) is 19.8 Å². The molecule has 0 saturated heterocycles. The first-order valence-electron chi connectivity index (χ1n) is 8.91. The molecule has 1 aliphatic rings. The van der Waals surface area contributed by atoms with Gasteiger partial charge in [-0.2, -0.15) is 4.72 Å². The summed E-state index contributed by atoms with van der Waals surface area (Å²) >= 11 is 0. The Bertz CT molecular complexity index is 1050. The molecule has 0 aliphatic carbocycles. The van der Waals surface area contributed by atoms with Gasteiger partial charge in [0.15, 0.2) is 23.9 Å². The van der Waals surface area contributed by atoms with Gasteiger partial charge in [0.05, 0.1) is 4.90 Å². The molecule has 0 atom stereocenters. The molecular formula is C20H21NO7S. The van der Waals surface area contributed by atoms with E-state index in [1.54, 1.807) is 25.1 Å². The minimum Gasteiger partial charge on any atom is -0.486 e. The van der Waals surface area contributed by atoms with E-state index in [0.29, 0.717) is 30.3 Å². The van der Waals surface area contributed by atoms with Crippen LogP contribution in [0, 0.1) is 13.8 Å². The molecule has 1 heterocycles. The summed E-state index contributed by atoms with van der Waals surface area (Å²) in [6.45, 7) is 3.41. The van der Waals surface area contributed by atoms with E-state index in [1.807, 2.05) is 6.92 Å². The number of aryl methyl sites for hydroxylation is 2. The minimum atomic E-state index is -3.86. The number of hydrogen-bond donors (Lipinski definition) is 1. The monoisotopic (exact) mass is 419 g/mol. The first-order chi connectivity index (χ1) is 13.8. The largest absolute Gasteiger partial charge is 0.486 e. The van der Waals surface area contributed by atoms with E-state index >= 15 is 0 Å². The number of sulfonamides is 1. The second-order valence-electron chi connectivity index (χ2n) is 6.51. The van der Waals surface area contributed by atoms with E-state index < -0.39 is 34.9 Å². The quantitative estimate of drug-likeness (QED) is 0.538. The highest BCUT2D eigenvalue weighted by molar-refractivity contribution is 7.89. The summed E-state index contributed by atoms with van der Waals surface area (Å²) in [5.74, 6) is -0.296. The van der Waals surface area contributed by atoms with Crippen LogP contribution in [0.2, 0.25) is 0 Å². The van der Waals surface area contributed by atoms with Crippen LogP contribution in [0.1, 0.15) is 21.5 Å². The number of fused-ring (bicyclic) bond motifs is 1. The zero-order chi connectivity index (χ0) is 21.0. The number of nitrogens with one attached hydrogen (secondary N) is 1. The van der Waals surface area contributed by atoms with Crippen LogP contribution in [0.5, 0.6) is 11.5 Å². The van der Waals surface area contributed by atoms with Crippen LogP contribution in [0.3, 0.4) is 0 Å². The van der Waals surface area contributed by atoms with Crippen molar-refractivity contribution < 1.29 is 32.2 Å². The Morgan fingerprint density at radius 3 is 2.45 bits per heavy atom. The highest BCUT2D eigenvalue weighted by Gasteiger charge is 2.19. The first-order valence-corrected chi connectivity index (χ1v) is 10.4. The lowest BCUT2D eigenvalue weighted by molar-refractivity contribution is -0.141. The minimum absolute atomic E-state index is 0.0563. The molecule has 0 bridgehead atoms. The molecule has 0 saturated carbocycles. The van der Waals surface area contributed by atoms with Gasteiger partial charge in [-0.05, 0) is 55.3 Å². The molecule has 0 spiro atoms. The molecule has 0 unspecified atom stereocenters. The Balaban J connectivity index is 1.53. The summed E-state index contributed by atoms with van der Waals surface area (Å²) in [7, 11) is -3.86. The smallest absolute Gasteiger partial charge is 0.321 e. The van der Waals surface area contributed by atoms with Crippen LogP contribution in [-0.4, -0.2) is 46.5 Å². The van der Waals surface area contributed by atoms with Crippen molar-refractivity contribution in [1.82, 2.24) is 4.72 Å². The van der Waals surface area contributed by atoms with E-state index in [9.17, 15) is 18.0 Å². The Kier molecular flexibility index (Phi) is 6.19. The van der Waals surface area contributed by atoms with E-state index in [0.717, 1.165) is 11.1 Å². The maximum absolute atomic E-state index is 12.3. The van der Waals surface area contributed by atoms with Crippen molar-refractivity contribution in [3.63, 3.8) is 0 Å². The standard InChI is InChI=1S/C20H21NO7S/c1-13-3-5-16(9-14(13)2)29(24,25)21-11-20(23)28-12-17(22)15-4-6-18-19(10-15)27-8-7-26-18/h3-6,9-10,21H,7-8,11-12H2,1-2H3. The number of benzene rings is 2. The lowest BCUT2D eigenvalue weighted by atomic mass is 10.1. The molecule has 29 heavy (non-hydrogen) atoms. The van der Waals surface area contributed by atoms with E-state index in [1.165, 1.54) is 18.2 Å². The van der Waals surface area contributed by atoms with Gasteiger partial charge in [-0.3, -0.25) is 9.59 Å². The van der Waals surface area contributed by atoms with Gasteiger partial charge in [0, 0.05) is 5.56 Å². The van der Waals surface area contributed by atoms with Crippen molar-refractivity contribution in [1.29, 1.82) is 0 Å². The van der Waals surface area contributed by atoms with Crippen molar-refractivity contribution in [2.24, 2.45) is 0 Å². The van der Waals surface area contributed by atoms with Crippen LogP contribution in [-0.2, 0) is 19.6 Å². The van der Waals surface area contributed by atoms with Crippen molar-refractivity contribution in [2.75, 3.05) is 26.4 Å². The third-order valence-corrected chi connectivity index (χ3v) is 5.82. The summed E-state index contributed by atoms with van der Waals surface area (Å²) < 4.78 is 42.4. The molecule has 8 nitrogen and oxygen atoms in total.